The van der Waals surface area contributed by atoms with Crippen LogP contribution in [-0.2, 0) is 11.3 Å². The van der Waals surface area contributed by atoms with Crippen LogP contribution in [0.4, 0.5) is 5.69 Å². The first-order valence-corrected chi connectivity index (χ1v) is 7.62. The van der Waals surface area contributed by atoms with E-state index < -0.39 is 0 Å². The second-order valence-electron chi connectivity index (χ2n) is 4.72. The fourth-order valence-corrected chi connectivity index (χ4v) is 3.32. The summed E-state index contributed by atoms with van der Waals surface area (Å²) in [6.07, 6.45) is 3.32. The SMILES string of the molecule is COCC1CCN(c2cccc(SC)c2CN)C1. The monoisotopic (exact) mass is 266 g/mol. The summed E-state index contributed by atoms with van der Waals surface area (Å²) in [6.45, 7) is 3.66. The molecule has 3 nitrogen and oxygen atoms in total. The van der Waals surface area contributed by atoms with Crippen molar-refractivity contribution in [3.8, 4) is 0 Å². The molecule has 1 aromatic rings. The summed E-state index contributed by atoms with van der Waals surface area (Å²) in [5.74, 6) is 0.651. The Hall–Kier alpha value is -0.710. The number of anilines is 1. The standard InChI is InChI=1S/C14H22N2OS/c1-17-10-11-6-7-16(9-11)13-4-3-5-14(18-2)12(13)8-15/h3-5,11H,6-10,15H2,1-2H3. The van der Waals surface area contributed by atoms with Crippen molar-refractivity contribution in [3.63, 3.8) is 0 Å². The molecule has 1 unspecified atom stereocenters. The zero-order chi connectivity index (χ0) is 13.0. The molecule has 1 atom stereocenters. The lowest BCUT2D eigenvalue weighted by molar-refractivity contribution is 0.161. The van der Waals surface area contributed by atoms with Crippen molar-refractivity contribution < 1.29 is 4.74 Å². The minimum atomic E-state index is 0.609. The van der Waals surface area contributed by atoms with Crippen LogP contribution in [-0.4, -0.2) is 33.1 Å². The molecule has 0 bridgehead atoms. The van der Waals surface area contributed by atoms with E-state index in [0.717, 1.165) is 19.7 Å². The number of nitrogens with zero attached hydrogens (tertiary/aromatic N) is 1. The van der Waals surface area contributed by atoms with Gasteiger partial charge in [0, 0.05) is 48.8 Å². The highest BCUT2D eigenvalue weighted by Crippen LogP contribution is 2.32. The van der Waals surface area contributed by atoms with E-state index in [9.17, 15) is 0 Å². The van der Waals surface area contributed by atoms with Crippen LogP contribution in [0.15, 0.2) is 23.1 Å². The Bertz CT molecular complexity index is 397. The summed E-state index contributed by atoms with van der Waals surface area (Å²) in [6, 6.07) is 6.47. The molecular weight excluding hydrogens is 244 g/mol. The van der Waals surface area contributed by atoms with Crippen molar-refractivity contribution in [2.45, 2.75) is 17.9 Å². The van der Waals surface area contributed by atoms with Crippen molar-refractivity contribution in [1.29, 1.82) is 0 Å². The molecule has 1 heterocycles. The van der Waals surface area contributed by atoms with Gasteiger partial charge in [0.05, 0.1) is 6.61 Å². The van der Waals surface area contributed by atoms with Gasteiger partial charge >= 0.3 is 0 Å². The van der Waals surface area contributed by atoms with Gasteiger partial charge in [0.25, 0.3) is 0 Å². The van der Waals surface area contributed by atoms with E-state index in [0.29, 0.717) is 12.5 Å². The van der Waals surface area contributed by atoms with Gasteiger partial charge in [0.2, 0.25) is 0 Å². The Labute approximate surface area is 114 Å². The molecule has 1 aliphatic rings. The third-order valence-corrected chi connectivity index (χ3v) is 4.38. The minimum absolute atomic E-state index is 0.609. The van der Waals surface area contributed by atoms with Crippen molar-refractivity contribution in [2.24, 2.45) is 11.7 Å². The number of nitrogens with two attached hydrogens (primary N) is 1. The molecule has 4 heteroatoms. The minimum Gasteiger partial charge on any atom is -0.384 e. The maximum atomic E-state index is 5.92. The van der Waals surface area contributed by atoms with E-state index in [4.69, 9.17) is 10.5 Å². The molecule has 0 aliphatic carbocycles. The average molecular weight is 266 g/mol. The Kier molecular flexibility index (Phi) is 4.92. The number of hydrogen-bond acceptors (Lipinski definition) is 4. The second-order valence-corrected chi connectivity index (χ2v) is 5.57. The highest BCUT2D eigenvalue weighted by molar-refractivity contribution is 7.98. The fourth-order valence-electron chi connectivity index (χ4n) is 2.67. The average Bonchev–Trinajstić information content (AvgIpc) is 2.86. The van der Waals surface area contributed by atoms with E-state index in [-0.39, 0.29) is 0 Å². The maximum absolute atomic E-state index is 5.92. The van der Waals surface area contributed by atoms with E-state index in [2.05, 4.69) is 29.4 Å². The smallest absolute Gasteiger partial charge is 0.0508 e. The molecule has 1 fully saturated rings. The number of methoxy groups -OCH3 is 1. The van der Waals surface area contributed by atoms with Gasteiger partial charge in [0.15, 0.2) is 0 Å². The summed E-state index contributed by atoms with van der Waals surface area (Å²) in [7, 11) is 1.78. The molecule has 100 valence electrons. The maximum Gasteiger partial charge on any atom is 0.0508 e. The quantitative estimate of drug-likeness (QED) is 0.830. The molecular formula is C14H22N2OS. The first kappa shape index (κ1) is 13.7. The van der Waals surface area contributed by atoms with Crippen LogP contribution in [0.3, 0.4) is 0 Å². The summed E-state index contributed by atoms with van der Waals surface area (Å²) in [5.41, 5.74) is 8.51. The zero-order valence-electron chi connectivity index (χ0n) is 11.2. The van der Waals surface area contributed by atoms with Gasteiger partial charge < -0.3 is 15.4 Å². The number of thioether (sulfide) groups is 1. The molecule has 1 aliphatic heterocycles. The van der Waals surface area contributed by atoms with Crippen LogP contribution in [0.1, 0.15) is 12.0 Å². The molecule has 0 radical (unpaired) electrons. The largest absolute Gasteiger partial charge is 0.384 e. The highest BCUT2D eigenvalue weighted by Gasteiger charge is 2.24. The van der Waals surface area contributed by atoms with Gasteiger partial charge in [-0.15, -0.1) is 11.8 Å². The lowest BCUT2D eigenvalue weighted by atomic mass is 10.1. The number of hydrogen-bond donors (Lipinski definition) is 1. The lowest BCUT2D eigenvalue weighted by Gasteiger charge is -2.23. The fraction of sp³-hybridized carbons (Fsp3) is 0.571. The van der Waals surface area contributed by atoms with Gasteiger partial charge in [0.1, 0.15) is 0 Å². The van der Waals surface area contributed by atoms with Crippen molar-refractivity contribution in [3.05, 3.63) is 23.8 Å². The Balaban J connectivity index is 2.18. The third kappa shape index (κ3) is 2.82. The molecule has 1 aromatic carbocycles. The van der Waals surface area contributed by atoms with E-state index in [1.807, 2.05) is 0 Å². The van der Waals surface area contributed by atoms with E-state index >= 15 is 0 Å². The van der Waals surface area contributed by atoms with Gasteiger partial charge in [-0.25, -0.2) is 0 Å². The van der Waals surface area contributed by atoms with Crippen LogP contribution in [0.25, 0.3) is 0 Å². The normalized spacial score (nSPS) is 19.5. The molecule has 0 spiro atoms. The van der Waals surface area contributed by atoms with E-state index in [1.165, 1.54) is 22.6 Å². The van der Waals surface area contributed by atoms with Crippen LogP contribution >= 0.6 is 11.8 Å². The van der Waals surface area contributed by atoms with Gasteiger partial charge in [-0.05, 0) is 24.8 Å². The van der Waals surface area contributed by atoms with Crippen LogP contribution < -0.4 is 10.6 Å². The van der Waals surface area contributed by atoms with Gasteiger partial charge in [-0.2, -0.15) is 0 Å². The highest BCUT2D eigenvalue weighted by atomic mass is 32.2. The molecule has 18 heavy (non-hydrogen) atoms. The topological polar surface area (TPSA) is 38.5 Å². The van der Waals surface area contributed by atoms with Crippen molar-refractivity contribution in [2.75, 3.05) is 38.0 Å². The van der Waals surface area contributed by atoms with E-state index in [1.54, 1.807) is 18.9 Å². The summed E-state index contributed by atoms with van der Waals surface area (Å²) in [5, 5.41) is 0. The summed E-state index contributed by atoms with van der Waals surface area (Å²) in [4.78, 5) is 3.75. The van der Waals surface area contributed by atoms with Gasteiger partial charge in [-0.3, -0.25) is 0 Å². The number of ether oxygens (including phenoxy) is 1. The predicted octanol–water partition coefficient (Wildman–Crippen LogP) is 2.34. The van der Waals surface area contributed by atoms with Crippen LogP contribution in [0.5, 0.6) is 0 Å². The van der Waals surface area contributed by atoms with Crippen molar-refractivity contribution >= 4 is 17.4 Å². The zero-order valence-corrected chi connectivity index (χ0v) is 12.0. The summed E-state index contributed by atoms with van der Waals surface area (Å²) >= 11 is 1.77. The number of benzene rings is 1. The molecule has 0 aromatic heterocycles. The lowest BCUT2D eigenvalue weighted by Crippen LogP contribution is -2.23. The Morgan fingerprint density at radius 1 is 1.50 bits per heavy atom. The van der Waals surface area contributed by atoms with Crippen LogP contribution in [0, 0.1) is 5.92 Å². The van der Waals surface area contributed by atoms with Crippen LogP contribution in [0.2, 0.25) is 0 Å². The molecule has 0 saturated carbocycles. The molecule has 2 rings (SSSR count). The predicted molar refractivity (Wildman–Crippen MR) is 78.3 cm³/mol. The molecule has 0 amide bonds. The first-order chi connectivity index (χ1) is 8.80. The Morgan fingerprint density at radius 2 is 2.33 bits per heavy atom. The molecule has 1 saturated heterocycles. The number of rotatable bonds is 5. The molecule has 2 N–H and O–H groups in total. The van der Waals surface area contributed by atoms with Crippen molar-refractivity contribution in [1.82, 2.24) is 0 Å². The first-order valence-electron chi connectivity index (χ1n) is 6.40. The summed E-state index contributed by atoms with van der Waals surface area (Å²) < 4.78 is 5.26. The second kappa shape index (κ2) is 6.45. The Morgan fingerprint density at radius 3 is 3.00 bits per heavy atom. The van der Waals surface area contributed by atoms with Gasteiger partial charge in [-0.1, -0.05) is 6.07 Å². The third-order valence-electron chi connectivity index (χ3n) is 3.56.